The van der Waals surface area contributed by atoms with Crippen molar-refractivity contribution in [1.29, 1.82) is 5.26 Å². The van der Waals surface area contributed by atoms with Crippen LogP contribution in [0.4, 0.5) is 5.82 Å². The monoisotopic (exact) mass is 402 g/mol. The van der Waals surface area contributed by atoms with Crippen molar-refractivity contribution >= 4 is 11.7 Å². The Morgan fingerprint density at radius 1 is 1.30 bits per heavy atom. The van der Waals surface area contributed by atoms with Gasteiger partial charge in [0.15, 0.2) is 0 Å². The fourth-order valence-corrected chi connectivity index (χ4v) is 3.90. The van der Waals surface area contributed by atoms with E-state index in [2.05, 4.69) is 21.6 Å². The number of aromatic nitrogens is 2. The standard InChI is InChI=1S/C23H22N4O3/c1-30-18-8-6-15(7-9-18)10-22(28)25-21-11-20(26-27-21)17-12-23(29,13-17)19-5-3-2-4-16(19)14-24/h2-9,11,17,29H,10,12-13H2,1H3,(H2,25,26,27,28). The Balaban J connectivity index is 1.36. The zero-order valence-corrected chi connectivity index (χ0v) is 16.6. The van der Waals surface area contributed by atoms with Gasteiger partial charge in [0, 0.05) is 17.5 Å². The third-order valence-corrected chi connectivity index (χ3v) is 5.53. The van der Waals surface area contributed by atoms with Crippen LogP contribution in [0, 0.1) is 11.3 Å². The molecule has 0 unspecified atom stereocenters. The summed E-state index contributed by atoms with van der Waals surface area (Å²) in [6.07, 6.45) is 1.21. The first-order chi connectivity index (χ1) is 14.5. The number of ether oxygens (including phenoxy) is 1. The molecule has 3 N–H and O–H groups in total. The Hall–Kier alpha value is -3.63. The predicted octanol–water partition coefficient (Wildman–Crippen LogP) is 3.24. The number of amides is 1. The summed E-state index contributed by atoms with van der Waals surface area (Å²) < 4.78 is 5.12. The van der Waals surface area contributed by atoms with Crippen LogP contribution in [0.15, 0.2) is 54.6 Å². The summed E-state index contributed by atoms with van der Waals surface area (Å²) in [7, 11) is 1.60. The molecule has 1 saturated carbocycles. The summed E-state index contributed by atoms with van der Waals surface area (Å²) in [6.45, 7) is 0. The molecule has 7 heteroatoms. The maximum atomic E-state index is 12.3. The summed E-state index contributed by atoms with van der Waals surface area (Å²) in [5.41, 5.74) is 1.80. The van der Waals surface area contributed by atoms with Crippen LogP contribution in [-0.4, -0.2) is 28.3 Å². The molecular weight excluding hydrogens is 380 g/mol. The zero-order valence-electron chi connectivity index (χ0n) is 16.6. The van der Waals surface area contributed by atoms with E-state index in [1.54, 1.807) is 31.4 Å². The van der Waals surface area contributed by atoms with Crippen LogP contribution >= 0.6 is 0 Å². The quantitative estimate of drug-likeness (QED) is 0.586. The van der Waals surface area contributed by atoms with E-state index < -0.39 is 5.60 Å². The zero-order chi connectivity index (χ0) is 21.1. The second kappa shape index (κ2) is 8.01. The minimum absolute atomic E-state index is 0.0604. The van der Waals surface area contributed by atoms with E-state index in [1.165, 1.54) is 0 Å². The van der Waals surface area contributed by atoms with Gasteiger partial charge in [-0.2, -0.15) is 10.4 Å². The molecule has 3 aromatic rings. The van der Waals surface area contributed by atoms with Gasteiger partial charge in [-0.15, -0.1) is 0 Å². The van der Waals surface area contributed by atoms with E-state index in [0.29, 0.717) is 29.8 Å². The van der Waals surface area contributed by atoms with Crippen LogP contribution in [0.2, 0.25) is 0 Å². The molecule has 1 aromatic heterocycles. The fraction of sp³-hybridized carbons (Fsp3) is 0.261. The second-order valence-electron chi connectivity index (χ2n) is 7.57. The van der Waals surface area contributed by atoms with Crippen LogP contribution in [-0.2, 0) is 16.8 Å². The minimum Gasteiger partial charge on any atom is -0.497 e. The molecule has 152 valence electrons. The summed E-state index contributed by atoms with van der Waals surface area (Å²) in [4.78, 5) is 12.3. The van der Waals surface area contributed by atoms with Crippen molar-refractivity contribution in [2.45, 2.75) is 30.8 Å². The first-order valence-electron chi connectivity index (χ1n) is 9.71. The van der Waals surface area contributed by atoms with Crippen molar-refractivity contribution in [3.05, 3.63) is 77.0 Å². The molecule has 1 heterocycles. The number of carbonyl (C=O) groups excluding carboxylic acids is 1. The summed E-state index contributed by atoms with van der Waals surface area (Å²) in [6, 6.07) is 18.4. The van der Waals surface area contributed by atoms with Crippen molar-refractivity contribution in [2.24, 2.45) is 0 Å². The fourth-order valence-electron chi connectivity index (χ4n) is 3.90. The molecule has 1 aliphatic carbocycles. The summed E-state index contributed by atoms with van der Waals surface area (Å²) in [5, 5.41) is 30.1. The lowest BCUT2D eigenvalue weighted by Gasteiger charge is -2.43. The number of benzene rings is 2. The largest absolute Gasteiger partial charge is 0.497 e. The maximum absolute atomic E-state index is 12.3. The molecule has 0 saturated heterocycles. The molecule has 0 spiro atoms. The Kier molecular flexibility index (Phi) is 5.25. The van der Waals surface area contributed by atoms with Crippen LogP contribution in [0.5, 0.6) is 5.75 Å². The van der Waals surface area contributed by atoms with Gasteiger partial charge in [0.25, 0.3) is 0 Å². The van der Waals surface area contributed by atoms with Gasteiger partial charge >= 0.3 is 0 Å². The highest BCUT2D eigenvalue weighted by molar-refractivity contribution is 5.91. The highest BCUT2D eigenvalue weighted by Gasteiger charge is 2.46. The summed E-state index contributed by atoms with van der Waals surface area (Å²) in [5.74, 6) is 1.18. The van der Waals surface area contributed by atoms with Gasteiger partial charge in [-0.1, -0.05) is 30.3 Å². The number of nitrogens with zero attached hydrogens (tertiary/aromatic N) is 2. The first kappa shape index (κ1) is 19.7. The van der Waals surface area contributed by atoms with Gasteiger partial charge in [-0.05, 0) is 36.6 Å². The Morgan fingerprint density at radius 3 is 2.73 bits per heavy atom. The number of methoxy groups -OCH3 is 1. The number of H-pyrrole nitrogens is 1. The number of aliphatic hydroxyl groups is 1. The number of hydrogen-bond acceptors (Lipinski definition) is 5. The van der Waals surface area contributed by atoms with Crippen LogP contribution < -0.4 is 10.1 Å². The molecule has 0 atom stereocenters. The molecule has 30 heavy (non-hydrogen) atoms. The van der Waals surface area contributed by atoms with E-state index in [0.717, 1.165) is 17.0 Å². The Morgan fingerprint density at radius 2 is 2.03 bits per heavy atom. The number of aromatic amines is 1. The van der Waals surface area contributed by atoms with E-state index in [1.807, 2.05) is 30.3 Å². The van der Waals surface area contributed by atoms with Crippen molar-refractivity contribution in [3.63, 3.8) is 0 Å². The smallest absolute Gasteiger partial charge is 0.229 e. The molecule has 1 amide bonds. The number of anilines is 1. The van der Waals surface area contributed by atoms with E-state index >= 15 is 0 Å². The number of nitrogens with one attached hydrogen (secondary N) is 2. The van der Waals surface area contributed by atoms with Gasteiger partial charge in [0.1, 0.15) is 11.6 Å². The van der Waals surface area contributed by atoms with Gasteiger partial charge in [0.05, 0.1) is 36.5 Å². The third kappa shape index (κ3) is 3.91. The molecule has 4 rings (SSSR count). The lowest BCUT2D eigenvalue weighted by Crippen LogP contribution is -2.40. The van der Waals surface area contributed by atoms with E-state index in [4.69, 9.17) is 4.74 Å². The molecule has 1 aliphatic rings. The van der Waals surface area contributed by atoms with E-state index in [-0.39, 0.29) is 18.2 Å². The van der Waals surface area contributed by atoms with E-state index in [9.17, 15) is 15.2 Å². The van der Waals surface area contributed by atoms with Crippen molar-refractivity contribution in [1.82, 2.24) is 10.2 Å². The lowest BCUT2D eigenvalue weighted by atomic mass is 9.65. The van der Waals surface area contributed by atoms with Crippen molar-refractivity contribution in [3.8, 4) is 11.8 Å². The Bertz CT molecular complexity index is 1090. The SMILES string of the molecule is COc1ccc(CC(=O)Nc2cc(C3CC(O)(c4ccccc4C#N)C3)n[nH]2)cc1. The van der Waals surface area contributed by atoms with Crippen molar-refractivity contribution < 1.29 is 14.6 Å². The molecular formula is C23H22N4O3. The van der Waals surface area contributed by atoms with Gasteiger partial charge in [-0.25, -0.2) is 0 Å². The first-order valence-corrected chi connectivity index (χ1v) is 9.71. The highest BCUT2D eigenvalue weighted by atomic mass is 16.5. The normalized spacial score (nSPS) is 20.1. The minimum atomic E-state index is -1.02. The molecule has 1 fully saturated rings. The van der Waals surface area contributed by atoms with Gasteiger partial charge in [-0.3, -0.25) is 9.89 Å². The van der Waals surface area contributed by atoms with Crippen molar-refractivity contribution in [2.75, 3.05) is 12.4 Å². The van der Waals surface area contributed by atoms with Gasteiger partial charge < -0.3 is 15.2 Å². The average molecular weight is 402 g/mol. The van der Waals surface area contributed by atoms with Crippen LogP contribution in [0.25, 0.3) is 0 Å². The number of nitriles is 1. The molecule has 7 nitrogen and oxygen atoms in total. The van der Waals surface area contributed by atoms with Gasteiger partial charge in [0.2, 0.25) is 5.91 Å². The molecule has 0 bridgehead atoms. The average Bonchev–Trinajstić information content (AvgIpc) is 3.19. The predicted molar refractivity (Wildman–Crippen MR) is 111 cm³/mol. The molecule has 0 radical (unpaired) electrons. The van der Waals surface area contributed by atoms with Crippen LogP contribution in [0.1, 0.15) is 41.1 Å². The highest BCUT2D eigenvalue weighted by Crippen LogP contribution is 2.51. The number of rotatable bonds is 6. The maximum Gasteiger partial charge on any atom is 0.229 e. The topological polar surface area (TPSA) is 111 Å². The number of hydrogen-bond donors (Lipinski definition) is 3. The second-order valence-corrected chi connectivity index (χ2v) is 7.57. The Labute approximate surface area is 174 Å². The lowest BCUT2D eigenvalue weighted by molar-refractivity contribution is -0.115. The molecule has 0 aliphatic heterocycles. The number of carbonyl (C=O) groups is 1. The summed E-state index contributed by atoms with van der Waals surface area (Å²) >= 11 is 0. The molecule has 2 aromatic carbocycles. The van der Waals surface area contributed by atoms with Crippen LogP contribution in [0.3, 0.4) is 0 Å². The third-order valence-electron chi connectivity index (χ3n) is 5.53.